The van der Waals surface area contributed by atoms with Crippen LogP contribution >= 0.6 is 0 Å². The number of piperidine rings is 1. The molecule has 0 atom stereocenters. The quantitative estimate of drug-likeness (QED) is 0.491. The second-order valence-electron chi connectivity index (χ2n) is 7.85. The van der Waals surface area contributed by atoms with Gasteiger partial charge in [-0.05, 0) is 50.3 Å². The van der Waals surface area contributed by atoms with Crippen molar-refractivity contribution >= 4 is 23.6 Å². The van der Waals surface area contributed by atoms with Gasteiger partial charge in [0.1, 0.15) is 0 Å². The minimum absolute atomic E-state index is 0.123. The molecule has 1 saturated heterocycles. The Morgan fingerprint density at radius 3 is 2.60 bits per heavy atom. The van der Waals surface area contributed by atoms with Crippen LogP contribution in [0.5, 0.6) is 0 Å². The topological polar surface area (TPSA) is 95.1 Å². The van der Waals surface area contributed by atoms with E-state index in [2.05, 4.69) is 20.9 Å². The Morgan fingerprint density at radius 1 is 1.20 bits per heavy atom. The van der Waals surface area contributed by atoms with Crippen molar-refractivity contribution in [3.05, 3.63) is 29.8 Å². The molecular weight excluding hydrogens is 382 g/mol. The van der Waals surface area contributed by atoms with Gasteiger partial charge in [-0.15, -0.1) is 0 Å². The van der Waals surface area contributed by atoms with Gasteiger partial charge in [-0.25, -0.2) is 4.79 Å². The first-order valence-electron chi connectivity index (χ1n) is 10.9. The molecule has 164 valence electrons. The third-order valence-corrected chi connectivity index (χ3v) is 5.72. The lowest BCUT2D eigenvalue weighted by Crippen LogP contribution is -2.49. The molecule has 1 aromatic carbocycles. The normalized spacial score (nSPS) is 17.8. The van der Waals surface area contributed by atoms with Crippen molar-refractivity contribution in [2.45, 2.75) is 51.6 Å². The predicted molar refractivity (Wildman–Crippen MR) is 117 cm³/mol. The molecule has 8 nitrogen and oxygen atoms in total. The van der Waals surface area contributed by atoms with E-state index in [1.165, 1.54) is 0 Å². The molecule has 3 N–H and O–H groups in total. The highest BCUT2D eigenvalue weighted by atomic mass is 16.6. The number of hydrogen-bond acceptors (Lipinski definition) is 4. The molecule has 1 aromatic rings. The van der Waals surface area contributed by atoms with Crippen LogP contribution in [0.25, 0.3) is 0 Å². The van der Waals surface area contributed by atoms with Crippen molar-refractivity contribution in [1.29, 1.82) is 0 Å². The second kappa shape index (κ2) is 10.8. The van der Waals surface area contributed by atoms with Gasteiger partial charge >= 0.3 is 6.09 Å². The summed E-state index contributed by atoms with van der Waals surface area (Å²) in [6.07, 6.45) is 4.60. The molecule has 0 spiro atoms. The fraction of sp³-hybridized carbons (Fsp3) is 0.591. The highest BCUT2D eigenvalue weighted by molar-refractivity contribution is 5.93. The highest BCUT2D eigenvalue weighted by Gasteiger charge is 2.25. The summed E-state index contributed by atoms with van der Waals surface area (Å²) in [6.45, 7) is 4.18. The van der Waals surface area contributed by atoms with Crippen LogP contribution in [-0.2, 0) is 16.1 Å². The molecular formula is C22H33N5O3. The zero-order valence-corrected chi connectivity index (χ0v) is 17.9. The first-order chi connectivity index (χ1) is 14.6. The molecule has 8 heteroatoms. The molecule has 1 heterocycles. The van der Waals surface area contributed by atoms with E-state index in [9.17, 15) is 9.59 Å². The van der Waals surface area contributed by atoms with Crippen molar-refractivity contribution in [3.8, 4) is 0 Å². The molecule has 30 heavy (non-hydrogen) atoms. The van der Waals surface area contributed by atoms with Gasteiger partial charge in [0.25, 0.3) is 0 Å². The first kappa shape index (κ1) is 21.9. The number of aliphatic imine (C=N–C) groups is 1. The van der Waals surface area contributed by atoms with Crippen LogP contribution in [0, 0.1) is 5.92 Å². The Kier molecular flexibility index (Phi) is 7.93. The van der Waals surface area contributed by atoms with E-state index in [-0.39, 0.29) is 24.0 Å². The lowest BCUT2D eigenvalue weighted by molar-refractivity contribution is -0.122. The largest absolute Gasteiger partial charge is 0.450 e. The van der Waals surface area contributed by atoms with Gasteiger partial charge in [0.2, 0.25) is 5.91 Å². The molecule has 1 saturated carbocycles. The fourth-order valence-corrected chi connectivity index (χ4v) is 3.67. The van der Waals surface area contributed by atoms with Crippen molar-refractivity contribution in [2.24, 2.45) is 10.9 Å². The SMILES string of the molecule is CCOC(=O)N1CCC(NC(=NC)NCc2cccc(NC(=O)C3CCC3)c2)CC1. The van der Waals surface area contributed by atoms with Gasteiger partial charge in [-0.3, -0.25) is 9.79 Å². The number of likely N-dealkylation sites (tertiary alicyclic amines) is 1. The van der Waals surface area contributed by atoms with E-state index in [0.29, 0.717) is 26.2 Å². The zero-order valence-electron chi connectivity index (χ0n) is 17.9. The van der Waals surface area contributed by atoms with Crippen LogP contribution in [0.15, 0.2) is 29.3 Å². The van der Waals surface area contributed by atoms with Crippen LogP contribution < -0.4 is 16.0 Å². The van der Waals surface area contributed by atoms with E-state index in [1.807, 2.05) is 31.2 Å². The summed E-state index contributed by atoms with van der Waals surface area (Å²) >= 11 is 0. The number of nitrogens with one attached hydrogen (secondary N) is 3. The van der Waals surface area contributed by atoms with Crippen LogP contribution in [-0.4, -0.2) is 55.6 Å². The number of benzene rings is 1. The standard InChI is InChI=1S/C22H33N5O3/c1-3-30-22(29)27-12-10-18(11-13-27)26-21(23-2)24-15-16-6-4-9-19(14-16)25-20(28)17-7-5-8-17/h4,6,9,14,17-18H,3,5,7-8,10-13,15H2,1-2H3,(H,25,28)(H2,23,24,26). The summed E-state index contributed by atoms with van der Waals surface area (Å²) in [5.74, 6) is 1.02. The Bertz CT molecular complexity index is 755. The molecule has 2 amide bonds. The van der Waals surface area contributed by atoms with Crippen molar-refractivity contribution in [3.63, 3.8) is 0 Å². The first-order valence-corrected chi connectivity index (χ1v) is 10.9. The number of amides is 2. The maximum Gasteiger partial charge on any atom is 0.409 e. The van der Waals surface area contributed by atoms with Crippen LogP contribution in [0.2, 0.25) is 0 Å². The maximum absolute atomic E-state index is 12.2. The Morgan fingerprint density at radius 2 is 1.97 bits per heavy atom. The second-order valence-corrected chi connectivity index (χ2v) is 7.85. The van der Waals surface area contributed by atoms with E-state index < -0.39 is 0 Å². The number of hydrogen-bond donors (Lipinski definition) is 3. The van der Waals surface area contributed by atoms with Crippen LogP contribution in [0.1, 0.15) is 44.6 Å². The summed E-state index contributed by atoms with van der Waals surface area (Å²) in [5.41, 5.74) is 1.90. The van der Waals surface area contributed by atoms with Crippen LogP contribution in [0.3, 0.4) is 0 Å². The maximum atomic E-state index is 12.2. The molecule has 2 aliphatic rings. The third kappa shape index (κ3) is 6.11. The minimum atomic E-state index is -0.234. The molecule has 2 fully saturated rings. The Hall–Kier alpha value is -2.77. The molecule has 0 radical (unpaired) electrons. The van der Waals surface area contributed by atoms with Gasteiger partial charge in [0.05, 0.1) is 6.61 Å². The summed E-state index contributed by atoms with van der Waals surface area (Å²) in [6, 6.07) is 8.15. The molecule has 1 aliphatic heterocycles. The van der Waals surface area contributed by atoms with Gasteiger partial charge in [-0.1, -0.05) is 18.6 Å². The van der Waals surface area contributed by atoms with Crippen molar-refractivity contribution in [2.75, 3.05) is 32.1 Å². The number of nitrogens with zero attached hydrogens (tertiary/aromatic N) is 2. The molecule has 0 bridgehead atoms. The third-order valence-electron chi connectivity index (χ3n) is 5.72. The summed E-state index contributed by atoms with van der Waals surface area (Å²) in [7, 11) is 1.75. The fourth-order valence-electron chi connectivity index (χ4n) is 3.67. The molecule has 1 aliphatic carbocycles. The summed E-state index contributed by atoms with van der Waals surface area (Å²) in [4.78, 5) is 30.0. The number of ether oxygens (including phenoxy) is 1. The average Bonchev–Trinajstić information content (AvgIpc) is 2.70. The van der Waals surface area contributed by atoms with E-state index >= 15 is 0 Å². The molecule has 0 aromatic heterocycles. The zero-order chi connectivity index (χ0) is 21.3. The number of rotatable bonds is 6. The number of carbonyl (C=O) groups is 2. The van der Waals surface area contributed by atoms with Crippen LogP contribution in [0.4, 0.5) is 10.5 Å². The van der Waals surface area contributed by atoms with Gasteiger partial charge in [0, 0.05) is 44.3 Å². The molecule has 0 unspecified atom stereocenters. The van der Waals surface area contributed by atoms with Gasteiger partial charge in [-0.2, -0.15) is 0 Å². The van der Waals surface area contributed by atoms with Crippen molar-refractivity contribution < 1.29 is 14.3 Å². The Labute approximate surface area is 178 Å². The van der Waals surface area contributed by atoms with E-state index in [1.54, 1.807) is 11.9 Å². The lowest BCUT2D eigenvalue weighted by Gasteiger charge is -2.32. The monoisotopic (exact) mass is 415 g/mol. The number of guanidine groups is 1. The minimum Gasteiger partial charge on any atom is -0.450 e. The predicted octanol–water partition coefficient (Wildman–Crippen LogP) is 2.71. The van der Waals surface area contributed by atoms with Gasteiger partial charge < -0.3 is 25.6 Å². The molecule has 3 rings (SSSR count). The average molecular weight is 416 g/mol. The Balaban J connectivity index is 1.44. The lowest BCUT2D eigenvalue weighted by atomic mass is 9.85. The van der Waals surface area contributed by atoms with Crippen molar-refractivity contribution in [1.82, 2.24) is 15.5 Å². The smallest absolute Gasteiger partial charge is 0.409 e. The summed E-state index contributed by atoms with van der Waals surface area (Å²) < 4.78 is 5.07. The highest BCUT2D eigenvalue weighted by Crippen LogP contribution is 2.27. The van der Waals surface area contributed by atoms with E-state index in [0.717, 1.165) is 49.3 Å². The summed E-state index contributed by atoms with van der Waals surface area (Å²) in [5, 5.41) is 9.79. The van der Waals surface area contributed by atoms with Gasteiger partial charge in [0.15, 0.2) is 5.96 Å². The number of anilines is 1. The van der Waals surface area contributed by atoms with E-state index in [4.69, 9.17) is 4.74 Å². The number of carbonyl (C=O) groups excluding carboxylic acids is 2.